The van der Waals surface area contributed by atoms with Crippen LogP contribution in [0.25, 0.3) is 0 Å². The quantitative estimate of drug-likeness (QED) is 0.841. The first-order valence-electron chi connectivity index (χ1n) is 6.63. The second kappa shape index (κ2) is 5.83. The number of rotatable bonds is 5. The van der Waals surface area contributed by atoms with Gasteiger partial charge in [-0.3, -0.25) is 0 Å². The van der Waals surface area contributed by atoms with E-state index in [1.807, 2.05) is 12.1 Å². The van der Waals surface area contributed by atoms with E-state index >= 15 is 0 Å². The van der Waals surface area contributed by atoms with Crippen LogP contribution in [-0.4, -0.2) is 0 Å². The molecule has 0 aliphatic rings. The number of hydrogen-bond donors (Lipinski definition) is 1. The summed E-state index contributed by atoms with van der Waals surface area (Å²) in [7, 11) is 0. The molecule has 2 aromatic carbocycles. The Hall–Kier alpha value is -1.60. The minimum Gasteiger partial charge on any atom is -0.321 e. The van der Waals surface area contributed by atoms with Crippen molar-refractivity contribution in [1.82, 2.24) is 0 Å². The van der Waals surface area contributed by atoms with E-state index in [0.717, 1.165) is 19.3 Å². The van der Waals surface area contributed by atoms with Crippen molar-refractivity contribution < 1.29 is 0 Å². The van der Waals surface area contributed by atoms with Crippen LogP contribution in [0.5, 0.6) is 0 Å². The van der Waals surface area contributed by atoms with Gasteiger partial charge in [0.1, 0.15) is 0 Å². The molecule has 2 aromatic rings. The van der Waals surface area contributed by atoms with E-state index in [4.69, 9.17) is 5.73 Å². The van der Waals surface area contributed by atoms with E-state index < -0.39 is 0 Å². The molecule has 0 aromatic heterocycles. The highest BCUT2D eigenvalue weighted by molar-refractivity contribution is 5.28. The molecule has 94 valence electrons. The molecule has 1 nitrogen and oxygen atoms in total. The van der Waals surface area contributed by atoms with Crippen molar-refractivity contribution in [2.45, 2.75) is 31.7 Å². The molecule has 1 atom stereocenters. The number of benzene rings is 2. The molecule has 18 heavy (non-hydrogen) atoms. The lowest BCUT2D eigenvalue weighted by molar-refractivity contribution is 0.401. The van der Waals surface area contributed by atoms with Gasteiger partial charge in [-0.15, -0.1) is 0 Å². The van der Waals surface area contributed by atoms with Gasteiger partial charge in [0.2, 0.25) is 0 Å². The summed E-state index contributed by atoms with van der Waals surface area (Å²) in [6, 6.07) is 21.0. The Bertz CT molecular complexity index is 463. The number of hydrogen-bond acceptors (Lipinski definition) is 1. The minimum absolute atomic E-state index is 0.253. The molecule has 0 bridgehead atoms. The van der Waals surface area contributed by atoms with E-state index in [2.05, 4.69) is 55.5 Å². The van der Waals surface area contributed by atoms with E-state index in [-0.39, 0.29) is 5.54 Å². The molecule has 2 N–H and O–H groups in total. The summed E-state index contributed by atoms with van der Waals surface area (Å²) >= 11 is 0. The van der Waals surface area contributed by atoms with Crippen molar-refractivity contribution in [2.75, 3.05) is 0 Å². The average molecular weight is 239 g/mol. The van der Waals surface area contributed by atoms with Gasteiger partial charge in [0.15, 0.2) is 0 Å². The highest BCUT2D eigenvalue weighted by Gasteiger charge is 2.26. The fourth-order valence-corrected chi connectivity index (χ4v) is 2.51. The zero-order valence-electron chi connectivity index (χ0n) is 11.0. The molecule has 0 aliphatic carbocycles. The van der Waals surface area contributed by atoms with Gasteiger partial charge >= 0.3 is 0 Å². The van der Waals surface area contributed by atoms with Gasteiger partial charge in [0.25, 0.3) is 0 Å². The SMILES string of the molecule is CCCC(N)(Cc1ccccc1)c1ccccc1. The lowest BCUT2D eigenvalue weighted by Gasteiger charge is -2.30. The van der Waals surface area contributed by atoms with Gasteiger partial charge in [-0.25, -0.2) is 0 Å². The molecule has 0 aliphatic heterocycles. The summed E-state index contributed by atoms with van der Waals surface area (Å²) < 4.78 is 0. The second-order valence-electron chi connectivity index (χ2n) is 4.93. The summed E-state index contributed by atoms with van der Waals surface area (Å²) in [5.41, 5.74) is 8.94. The Labute approximate surface area is 110 Å². The highest BCUT2D eigenvalue weighted by Crippen LogP contribution is 2.27. The maximum atomic E-state index is 6.66. The van der Waals surface area contributed by atoms with Crippen molar-refractivity contribution in [3.63, 3.8) is 0 Å². The standard InChI is InChI=1S/C17H21N/c1-2-13-17(18,16-11-7-4-8-12-16)14-15-9-5-3-6-10-15/h3-12H,2,13-14,18H2,1H3. The summed E-state index contributed by atoms with van der Waals surface area (Å²) in [5.74, 6) is 0. The van der Waals surface area contributed by atoms with Crippen molar-refractivity contribution in [1.29, 1.82) is 0 Å². The molecule has 2 rings (SSSR count). The van der Waals surface area contributed by atoms with Crippen molar-refractivity contribution in [3.8, 4) is 0 Å². The summed E-state index contributed by atoms with van der Waals surface area (Å²) in [5, 5.41) is 0. The lowest BCUT2D eigenvalue weighted by atomic mass is 9.81. The molecular weight excluding hydrogens is 218 g/mol. The Morgan fingerprint density at radius 2 is 1.44 bits per heavy atom. The lowest BCUT2D eigenvalue weighted by Crippen LogP contribution is -2.38. The Morgan fingerprint density at radius 3 is 2.00 bits per heavy atom. The van der Waals surface area contributed by atoms with Gasteiger partial charge in [-0.1, -0.05) is 74.0 Å². The highest BCUT2D eigenvalue weighted by atomic mass is 14.7. The van der Waals surface area contributed by atoms with Gasteiger partial charge in [0, 0.05) is 5.54 Å². The van der Waals surface area contributed by atoms with Crippen molar-refractivity contribution in [2.24, 2.45) is 5.73 Å². The maximum Gasteiger partial charge on any atom is 0.0450 e. The predicted molar refractivity (Wildman–Crippen MR) is 77.4 cm³/mol. The first-order chi connectivity index (χ1) is 8.74. The molecule has 1 heteroatoms. The molecule has 1 unspecified atom stereocenters. The maximum absolute atomic E-state index is 6.66. The second-order valence-corrected chi connectivity index (χ2v) is 4.93. The molecule has 0 fully saturated rings. The third-order valence-corrected chi connectivity index (χ3v) is 3.41. The molecule has 0 saturated heterocycles. The van der Waals surface area contributed by atoms with Crippen molar-refractivity contribution in [3.05, 3.63) is 71.8 Å². The molecule has 0 saturated carbocycles. The molecule has 0 radical (unpaired) electrons. The van der Waals surface area contributed by atoms with E-state index in [9.17, 15) is 0 Å². The number of nitrogens with two attached hydrogens (primary N) is 1. The first kappa shape index (κ1) is 12.8. The zero-order chi connectivity index (χ0) is 12.8. The van der Waals surface area contributed by atoms with E-state index in [1.165, 1.54) is 11.1 Å². The van der Waals surface area contributed by atoms with Crippen LogP contribution in [0.4, 0.5) is 0 Å². The molecule has 0 amide bonds. The third kappa shape index (κ3) is 2.99. The van der Waals surface area contributed by atoms with E-state index in [0.29, 0.717) is 0 Å². The Balaban J connectivity index is 2.27. The van der Waals surface area contributed by atoms with Crippen LogP contribution in [0.1, 0.15) is 30.9 Å². The fraction of sp³-hybridized carbons (Fsp3) is 0.294. The van der Waals surface area contributed by atoms with Gasteiger partial charge in [-0.2, -0.15) is 0 Å². The summed E-state index contributed by atoms with van der Waals surface area (Å²) in [4.78, 5) is 0. The normalized spacial score (nSPS) is 14.1. The van der Waals surface area contributed by atoms with Crippen LogP contribution in [-0.2, 0) is 12.0 Å². The van der Waals surface area contributed by atoms with E-state index in [1.54, 1.807) is 0 Å². The van der Waals surface area contributed by atoms with Crippen molar-refractivity contribution >= 4 is 0 Å². The molecule has 0 spiro atoms. The summed E-state index contributed by atoms with van der Waals surface area (Å²) in [6.45, 7) is 2.19. The Morgan fingerprint density at radius 1 is 0.889 bits per heavy atom. The van der Waals surface area contributed by atoms with Gasteiger partial charge in [0.05, 0.1) is 0 Å². The van der Waals surface area contributed by atoms with Crippen LogP contribution >= 0.6 is 0 Å². The summed E-state index contributed by atoms with van der Waals surface area (Å²) in [6.07, 6.45) is 3.00. The van der Waals surface area contributed by atoms with Crippen LogP contribution < -0.4 is 5.73 Å². The third-order valence-electron chi connectivity index (χ3n) is 3.41. The Kier molecular flexibility index (Phi) is 4.16. The van der Waals surface area contributed by atoms with Crippen LogP contribution in [0.3, 0.4) is 0 Å². The first-order valence-corrected chi connectivity index (χ1v) is 6.63. The molecule has 0 heterocycles. The largest absolute Gasteiger partial charge is 0.321 e. The van der Waals surface area contributed by atoms with Crippen LogP contribution in [0.15, 0.2) is 60.7 Å². The monoisotopic (exact) mass is 239 g/mol. The van der Waals surface area contributed by atoms with Crippen LogP contribution in [0.2, 0.25) is 0 Å². The van der Waals surface area contributed by atoms with Gasteiger partial charge < -0.3 is 5.73 Å². The zero-order valence-corrected chi connectivity index (χ0v) is 11.0. The fourth-order valence-electron chi connectivity index (χ4n) is 2.51. The van der Waals surface area contributed by atoms with Crippen LogP contribution in [0, 0.1) is 0 Å². The smallest absolute Gasteiger partial charge is 0.0450 e. The minimum atomic E-state index is -0.253. The average Bonchev–Trinajstić information content (AvgIpc) is 2.41. The van der Waals surface area contributed by atoms with Gasteiger partial charge in [-0.05, 0) is 24.0 Å². The molecular formula is C17H21N. The topological polar surface area (TPSA) is 26.0 Å². The predicted octanol–water partition coefficient (Wildman–Crippen LogP) is 3.88.